The average molecular weight is 265 g/mol. The summed E-state index contributed by atoms with van der Waals surface area (Å²) in [6, 6.07) is 0.214. The molecular formula is C15H23NO3. The summed E-state index contributed by atoms with van der Waals surface area (Å²) in [6.45, 7) is 0. The lowest BCUT2D eigenvalue weighted by atomic mass is 9.86. The summed E-state index contributed by atoms with van der Waals surface area (Å²) in [6.07, 6.45) is 8.09. The van der Waals surface area contributed by atoms with Gasteiger partial charge in [-0.1, -0.05) is 12.8 Å². The summed E-state index contributed by atoms with van der Waals surface area (Å²) in [5.74, 6) is 0.957. The van der Waals surface area contributed by atoms with Crippen LogP contribution >= 0.6 is 0 Å². The van der Waals surface area contributed by atoms with Crippen molar-refractivity contribution < 1.29 is 14.7 Å². The van der Waals surface area contributed by atoms with Crippen molar-refractivity contribution in [3.63, 3.8) is 0 Å². The molecule has 2 atom stereocenters. The summed E-state index contributed by atoms with van der Waals surface area (Å²) in [5, 5.41) is 12.1. The maximum Gasteiger partial charge on any atom is 0.306 e. The molecule has 0 aromatic rings. The molecule has 4 heteroatoms. The number of aliphatic carboxylic acids is 1. The number of carboxylic acid groups (broad SMARTS) is 1. The lowest BCUT2D eigenvalue weighted by molar-refractivity contribution is -0.142. The third kappa shape index (κ3) is 2.63. The van der Waals surface area contributed by atoms with Crippen LogP contribution in [0, 0.1) is 23.7 Å². The third-order valence-electron chi connectivity index (χ3n) is 5.38. The SMILES string of the molecule is O=C(O)C1CCC(NC(=O)C2C3CCCCC32)CC1. The van der Waals surface area contributed by atoms with E-state index < -0.39 is 5.97 Å². The molecular weight excluding hydrogens is 242 g/mol. The fraction of sp³-hybridized carbons (Fsp3) is 0.867. The monoisotopic (exact) mass is 265 g/mol. The molecule has 3 aliphatic rings. The van der Waals surface area contributed by atoms with E-state index in [1.54, 1.807) is 0 Å². The Hall–Kier alpha value is -1.06. The van der Waals surface area contributed by atoms with Gasteiger partial charge in [0.05, 0.1) is 5.92 Å². The van der Waals surface area contributed by atoms with Crippen LogP contribution in [0.1, 0.15) is 51.4 Å². The van der Waals surface area contributed by atoms with Gasteiger partial charge in [0.1, 0.15) is 0 Å². The highest BCUT2D eigenvalue weighted by Crippen LogP contribution is 2.55. The van der Waals surface area contributed by atoms with E-state index in [0.717, 1.165) is 12.8 Å². The predicted molar refractivity (Wildman–Crippen MR) is 70.5 cm³/mol. The highest BCUT2D eigenvalue weighted by atomic mass is 16.4. The third-order valence-corrected chi connectivity index (χ3v) is 5.38. The molecule has 0 bridgehead atoms. The van der Waals surface area contributed by atoms with Gasteiger partial charge in [-0.05, 0) is 50.4 Å². The molecule has 0 aromatic carbocycles. The first kappa shape index (κ1) is 12.9. The molecule has 2 unspecified atom stereocenters. The molecule has 0 spiro atoms. The number of rotatable bonds is 3. The first-order valence-corrected chi connectivity index (χ1v) is 7.70. The van der Waals surface area contributed by atoms with E-state index in [-0.39, 0.29) is 23.8 Å². The van der Waals surface area contributed by atoms with Crippen molar-refractivity contribution in [3.8, 4) is 0 Å². The number of carbonyl (C=O) groups is 2. The number of fused-ring (bicyclic) bond motifs is 1. The van der Waals surface area contributed by atoms with Crippen molar-refractivity contribution >= 4 is 11.9 Å². The molecule has 3 aliphatic carbocycles. The number of carbonyl (C=O) groups excluding carboxylic acids is 1. The van der Waals surface area contributed by atoms with E-state index in [0.29, 0.717) is 24.7 Å². The Morgan fingerprint density at radius 2 is 1.47 bits per heavy atom. The minimum atomic E-state index is -0.682. The Balaban J connectivity index is 1.45. The van der Waals surface area contributed by atoms with Crippen LogP contribution in [-0.2, 0) is 9.59 Å². The first-order valence-electron chi connectivity index (χ1n) is 7.70. The molecule has 3 rings (SSSR count). The van der Waals surface area contributed by atoms with Crippen molar-refractivity contribution in [1.82, 2.24) is 5.32 Å². The van der Waals surface area contributed by atoms with Gasteiger partial charge in [-0.3, -0.25) is 9.59 Å². The smallest absolute Gasteiger partial charge is 0.306 e. The molecule has 2 N–H and O–H groups in total. The summed E-state index contributed by atoms with van der Waals surface area (Å²) in [4.78, 5) is 23.1. The van der Waals surface area contributed by atoms with Crippen LogP contribution < -0.4 is 5.32 Å². The molecule has 0 radical (unpaired) electrons. The highest BCUT2D eigenvalue weighted by molar-refractivity contribution is 5.82. The Bertz CT molecular complexity index is 362. The van der Waals surface area contributed by atoms with Crippen LogP contribution in [-0.4, -0.2) is 23.0 Å². The Labute approximate surface area is 113 Å². The second kappa shape index (κ2) is 5.14. The fourth-order valence-electron chi connectivity index (χ4n) is 4.16. The average Bonchev–Trinajstić information content (AvgIpc) is 3.13. The predicted octanol–water partition coefficient (Wildman–Crippen LogP) is 2.18. The van der Waals surface area contributed by atoms with Gasteiger partial charge in [-0.25, -0.2) is 0 Å². The highest BCUT2D eigenvalue weighted by Gasteiger charge is 2.54. The van der Waals surface area contributed by atoms with E-state index >= 15 is 0 Å². The van der Waals surface area contributed by atoms with Gasteiger partial charge < -0.3 is 10.4 Å². The molecule has 106 valence electrons. The van der Waals surface area contributed by atoms with Crippen LogP contribution in [0.15, 0.2) is 0 Å². The van der Waals surface area contributed by atoms with E-state index in [2.05, 4.69) is 5.32 Å². The molecule has 0 aromatic heterocycles. The van der Waals surface area contributed by atoms with Crippen LogP contribution in [0.5, 0.6) is 0 Å². The normalized spacial score (nSPS) is 41.2. The maximum absolute atomic E-state index is 12.2. The van der Waals surface area contributed by atoms with Crippen LogP contribution in [0.3, 0.4) is 0 Å². The molecule has 1 amide bonds. The number of carboxylic acids is 1. The van der Waals surface area contributed by atoms with Crippen LogP contribution in [0.2, 0.25) is 0 Å². The van der Waals surface area contributed by atoms with Gasteiger partial charge in [0.2, 0.25) is 5.91 Å². The zero-order chi connectivity index (χ0) is 13.4. The van der Waals surface area contributed by atoms with Gasteiger partial charge in [0, 0.05) is 12.0 Å². The van der Waals surface area contributed by atoms with E-state index in [9.17, 15) is 9.59 Å². The molecule has 4 nitrogen and oxygen atoms in total. The van der Waals surface area contributed by atoms with Crippen LogP contribution in [0.25, 0.3) is 0 Å². The quantitative estimate of drug-likeness (QED) is 0.822. The lowest BCUT2D eigenvalue weighted by Crippen LogP contribution is -2.39. The van der Waals surface area contributed by atoms with E-state index in [1.807, 2.05) is 0 Å². The molecule has 3 fully saturated rings. The largest absolute Gasteiger partial charge is 0.481 e. The van der Waals surface area contributed by atoms with Gasteiger partial charge in [-0.15, -0.1) is 0 Å². The molecule has 0 aliphatic heterocycles. The fourth-order valence-corrected chi connectivity index (χ4v) is 4.16. The number of nitrogens with one attached hydrogen (secondary N) is 1. The summed E-state index contributed by atoms with van der Waals surface area (Å²) in [5.41, 5.74) is 0. The zero-order valence-electron chi connectivity index (χ0n) is 11.3. The number of hydrogen-bond acceptors (Lipinski definition) is 2. The Kier molecular flexibility index (Phi) is 3.50. The van der Waals surface area contributed by atoms with Gasteiger partial charge in [-0.2, -0.15) is 0 Å². The minimum absolute atomic E-state index is 0.198. The molecule has 19 heavy (non-hydrogen) atoms. The molecule has 3 saturated carbocycles. The molecule has 0 heterocycles. The lowest BCUT2D eigenvalue weighted by Gasteiger charge is -2.26. The summed E-state index contributed by atoms with van der Waals surface area (Å²) in [7, 11) is 0. The zero-order valence-corrected chi connectivity index (χ0v) is 11.3. The van der Waals surface area contributed by atoms with Crippen molar-refractivity contribution in [3.05, 3.63) is 0 Å². The van der Waals surface area contributed by atoms with Crippen molar-refractivity contribution in [1.29, 1.82) is 0 Å². The number of hydrogen-bond donors (Lipinski definition) is 2. The topological polar surface area (TPSA) is 66.4 Å². The van der Waals surface area contributed by atoms with Crippen molar-refractivity contribution in [2.75, 3.05) is 0 Å². The maximum atomic E-state index is 12.2. The Morgan fingerprint density at radius 1 is 0.895 bits per heavy atom. The van der Waals surface area contributed by atoms with Gasteiger partial charge in [0.25, 0.3) is 0 Å². The minimum Gasteiger partial charge on any atom is -0.481 e. The first-order chi connectivity index (χ1) is 9.16. The molecule has 0 saturated heterocycles. The number of amides is 1. The standard InChI is InChI=1S/C15H23NO3/c17-14(13-11-3-1-2-4-12(11)13)16-10-7-5-9(6-8-10)15(18)19/h9-13H,1-8H2,(H,16,17)(H,18,19). The van der Waals surface area contributed by atoms with Gasteiger partial charge in [0.15, 0.2) is 0 Å². The second-order valence-electron chi connectivity index (χ2n) is 6.53. The summed E-state index contributed by atoms with van der Waals surface area (Å²) >= 11 is 0. The second-order valence-corrected chi connectivity index (χ2v) is 6.53. The van der Waals surface area contributed by atoms with Crippen LogP contribution in [0.4, 0.5) is 0 Å². The summed E-state index contributed by atoms with van der Waals surface area (Å²) < 4.78 is 0. The van der Waals surface area contributed by atoms with Crippen molar-refractivity contribution in [2.45, 2.75) is 57.4 Å². The Morgan fingerprint density at radius 3 is 2.00 bits per heavy atom. The van der Waals surface area contributed by atoms with Crippen molar-refractivity contribution in [2.24, 2.45) is 23.7 Å². The van der Waals surface area contributed by atoms with E-state index in [4.69, 9.17) is 5.11 Å². The van der Waals surface area contributed by atoms with E-state index in [1.165, 1.54) is 25.7 Å². The van der Waals surface area contributed by atoms with Gasteiger partial charge >= 0.3 is 5.97 Å².